The van der Waals surface area contributed by atoms with Gasteiger partial charge in [0.25, 0.3) is 5.97 Å². The Kier molecular flexibility index (Phi) is 18.1. The molecule has 0 saturated carbocycles. The minimum atomic E-state index is -0.833. The maximum Gasteiger partial charge on any atom is 3.00 e. The van der Waals surface area contributed by atoms with Crippen LogP contribution in [0.15, 0.2) is 91.0 Å². The van der Waals surface area contributed by atoms with Gasteiger partial charge in [-0.2, -0.15) is 36.4 Å². The minimum Gasteiger partial charge on any atom is -0.512 e. The standard InChI is InChI=1S/C15H16ClN2O.2C5H5.C2H4O2.Ti/c1-11(2)8-9-19-14-10-13(16)17-15(18-14)12-6-4-3-5-7-12;2*1-2-4-5-3-1;1-2(3)4;/h3-7,11H,8-9H2,1-2H3;2*1-5H;1H3,(H,3,4);/q3*-1;;+3. The van der Waals surface area contributed by atoms with E-state index in [0.717, 1.165) is 18.9 Å². The van der Waals surface area contributed by atoms with E-state index in [4.69, 9.17) is 26.2 Å². The van der Waals surface area contributed by atoms with Gasteiger partial charge >= 0.3 is 21.7 Å². The molecule has 3 aromatic carbocycles. The molecule has 4 rings (SSSR count). The fourth-order valence-electron chi connectivity index (χ4n) is 2.18. The Bertz CT molecular complexity index is 912. The van der Waals surface area contributed by atoms with Crippen molar-refractivity contribution in [1.82, 2.24) is 9.97 Å². The zero-order valence-corrected chi connectivity index (χ0v) is 22.0. The summed E-state index contributed by atoms with van der Waals surface area (Å²) < 4.78 is 5.57. The molecule has 177 valence electrons. The normalized spacial score (nSPS) is 9.09. The molecule has 5 nitrogen and oxygen atoms in total. The molecule has 0 bridgehead atoms. The van der Waals surface area contributed by atoms with Gasteiger partial charge < -0.3 is 15.9 Å². The molecule has 0 fully saturated rings. The summed E-state index contributed by atoms with van der Waals surface area (Å²) in [6.07, 6.45) is 0.968. The Morgan fingerprint density at radius 2 is 1.50 bits per heavy atom. The molecule has 1 radical (unpaired) electrons. The molecule has 0 aliphatic rings. The molecule has 0 amide bonds. The molecule has 1 heterocycles. The van der Waals surface area contributed by atoms with Crippen LogP contribution in [0.5, 0.6) is 5.88 Å². The first-order valence-corrected chi connectivity index (χ1v) is 10.9. The number of aromatic nitrogens is 2. The van der Waals surface area contributed by atoms with Crippen molar-refractivity contribution >= 4 is 17.6 Å². The molecular weight excluding hydrogens is 484 g/mol. The van der Waals surface area contributed by atoms with Gasteiger partial charge in [0.15, 0.2) is 5.82 Å². The second-order valence-electron chi connectivity index (χ2n) is 7.11. The van der Waals surface area contributed by atoms with Crippen molar-refractivity contribution in [2.75, 3.05) is 6.61 Å². The molecule has 0 unspecified atom stereocenters. The van der Waals surface area contributed by atoms with E-state index >= 15 is 0 Å². The van der Waals surface area contributed by atoms with Crippen LogP contribution < -0.4 is 4.74 Å². The Balaban J connectivity index is 0.000000587. The van der Waals surface area contributed by atoms with Crippen molar-refractivity contribution in [2.24, 2.45) is 5.92 Å². The van der Waals surface area contributed by atoms with Crippen LogP contribution in [0.25, 0.3) is 11.4 Å². The molecule has 34 heavy (non-hydrogen) atoms. The van der Waals surface area contributed by atoms with Crippen LogP contribution >= 0.6 is 11.6 Å². The predicted molar refractivity (Wildman–Crippen MR) is 134 cm³/mol. The topological polar surface area (TPSA) is 72.3 Å². The summed E-state index contributed by atoms with van der Waals surface area (Å²) in [6, 6.07) is 32.5. The average Bonchev–Trinajstić information content (AvgIpc) is 3.52. The first-order valence-electron chi connectivity index (χ1n) is 10.6. The van der Waals surface area contributed by atoms with E-state index < -0.39 is 5.97 Å². The molecule has 0 spiro atoms. The summed E-state index contributed by atoms with van der Waals surface area (Å²) in [7, 11) is 0. The molecule has 1 aromatic heterocycles. The SMILES string of the molecule is CC(=O)O.CC(C)CCOc1[c-]c(Cl)nc(-c2ccccc2)n1.[Ti+3].c1cc[cH-]c1.c1cc[cH-]c1. The summed E-state index contributed by atoms with van der Waals surface area (Å²) in [5.41, 5.74) is 0.909. The maximum absolute atomic E-state index is 9.00. The second-order valence-corrected chi connectivity index (χ2v) is 7.47. The zero-order chi connectivity index (χ0) is 24.3. The summed E-state index contributed by atoms with van der Waals surface area (Å²) in [4.78, 5) is 17.5. The summed E-state index contributed by atoms with van der Waals surface area (Å²) in [5.74, 6) is 0.717. The van der Waals surface area contributed by atoms with Gasteiger partial charge in [-0.05, 0) is 17.5 Å². The number of hydrogen-bond acceptors (Lipinski definition) is 4. The fourth-order valence-corrected chi connectivity index (χ4v) is 2.34. The number of ether oxygens (including phenoxy) is 1. The van der Waals surface area contributed by atoms with Crippen molar-refractivity contribution < 1.29 is 36.4 Å². The molecule has 0 saturated heterocycles. The van der Waals surface area contributed by atoms with Crippen LogP contribution in [0.1, 0.15) is 27.2 Å². The van der Waals surface area contributed by atoms with Crippen molar-refractivity contribution in [3.8, 4) is 17.3 Å². The average molecular weight is 514 g/mol. The monoisotopic (exact) mass is 513 g/mol. The van der Waals surface area contributed by atoms with Crippen molar-refractivity contribution in [1.29, 1.82) is 0 Å². The number of nitrogens with zero attached hydrogens (tertiary/aromatic N) is 2. The number of benzene rings is 1. The molecule has 7 heteroatoms. The number of halogens is 1. The van der Waals surface area contributed by atoms with Crippen LogP contribution in [-0.4, -0.2) is 27.7 Å². The molecular formula is C27H30ClN2O3Ti. The molecule has 4 aromatic rings. The molecule has 1 N–H and O–H groups in total. The number of hydrogen-bond donors (Lipinski definition) is 1. The van der Waals surface area contributed by atoms with Crippen LogP contribution in [0.2, 0.25) is 5.15 Å². The molecule has 0 atom stereocenters. The Labute approximate surface area is 222 Å². The molecule has 0 aliphatic heterocycles. The Hall–Kier alpha value is -2.73. The van der Waals surface area contributed by atoms with Gasteiger partial charge in [0.2, 0.25) is 0 Å². The van der Waals surface area contributed by atoms with Crippen LogP contribution in [-0.2, 0) is 26.5 Å². The predicted octanol–water partition coefficient (Wildman–Crippen LogP) is 6.92. The van der Waals surface area contributed by atoms with Gasteiger partial charge in [0, 0.05) is 18.4 Å². The van der Waals surface area contributed by atoms with Crippen molar-refractivity contribution in [3.05, 3.63) is 102 Å². The van der Waals surface area contributed by atoms with Gasteiger partial charge in [-0.25, -0.2) is 29.2 Å². The Morgan fingerprint density at radius 1 is 1.00 bits per heavy atom. The first-order chi connectivity index (χ1) is 15.9. The van der Waals surface area contributed by atoms with E-state index in [1.54, 1.807) is 0 Å². The van der Waals surface area contributed by atoms with E-state index in [1.165, 1.54) is 0 Å². The number of carboxylic acids is 1. The van der Waals surface area contributed by atoms with Gasteiger partial charge in [-0.3, -0.25) is 9.78 Å². The number of carboxylic acid groups (broad SMARTS) is 1. The third kappa shape index (κ3) is 16.8. The Morgan fingerprint density at radius 3 is 1.91 bits per heavy atom. The number of aliphatic carboxylic acids is 1. The quantitative estimate of drug-likeness (QED) is 0.178. The van der Waals surface area contributed by atoms with Gasteiger partial charge in [0.05, 0.1) is 6.61 Å². The minimum absolute atomic E-state index is 0. The summed E-state index contributed by atoms with van der Waals surface area (Å²) in [5, 5.41) is 7.69. The van der Waals surface area contributed by atoms with Crippen LogP contribution in [0, 0.1) is 12.0 Å². The largest absolute Gasteiger partial charge is 3.00 e. The summed E-state index contributed by atoms with van der Waals surface area (Å²) >= 11 is 5.95. The van der Waals surface area contributed by atoms with Gasteiger partial charge in [-0.1, -0.05) is 44.2 Å². The molecule has 0 aliphatic carbocycles. The van der Waals surface area contributed by atoms with E-state index in [0.29, 0.717) is 24.2 Å². The number of carbonyl (C=O) groups is 1. The zero-order valence-electron chi connectivity index (χ0n) is 19.7. The third-order valence-electron chi connectivity index (χ3n) is 3.70. The number of rotatable bonds is 5. The van der Waals surface area contributed by atoms with Crippen molar-refractivity contribution in [2.45, 2.75) is 27.2 Å². The van der Waals surface area contributed by atoms with E-state index in [9.17, 15) is 0 Å². The third-order valence-corrected chi connectivity index (χ3v) is 3.88. The smallest absolute Gasteiger partial charge is 0.512 e. The van der Waals surface area contributed by atoms with E-state index in [-0.39, 0.29) is 26.9 Å². The maximum atomic E-state index is 9.00. The summed E-state index contributed by atoms with van der Waals surface area (Å²) in [6.45, 7) is 5.99. The van der Waals surface area contributed by atoms with Crippen molar-refractivity contribution in [3.63, 3.8) is 0 Å². The second kappa shape index (κ2) is 19.7. The first kappa shape index (κ1) is 31.3. The van der Waals surface area contributed by atoms with E-state index in [1.807, 2.05) is 91.0 Å². The van der Waals surface area contributed by atoms with Crippen LogP contribution in [0.3, 0.4) is 0 Å². The van der Waals surface area contributed by atoms with Gasteiger partial charge in [0.1, 0.15) is 0 Å². The fraction of sp³-hybridized carbons (Fsp3) is 0.222. The van der Waals surface area contributed by atoms with Crippen LogP contribution in [0.4, 0.5) is 0 Å². The van der Waals surface area contributed by atoms with Gasteiger partial charge in [-0.15, -0.1) is 11.6 Å². The van der Waals surface area contributed by atoms with E-state index in [2.05, 4.69) is 29.9 Å².